The number of anilines is 2. The number of hydrogen-bond donors (Lipinski definition) is 2. The van der Waals surface area contributed by atoms with Crippen LogP contribution >= 0.6 is 0 Å². The van der Waals surface area contributed by atoms with E-state index >= 15 is 0 Å². The van der Waals surface area contributed by atoms with Crippen molar-refractivity contribution in [3.63, 3.8) is 0 Å². The fourth-order valence-electron chi connectivity index (χ4n) is 3.82. The Kier molecular flexibility index (Phi) is 7.15. The van der Waals surface area contributed by atoms with Gasteiger partial charge in [-0.05, 0) is 38.0 Å². The first-order valence-corrected chi connectivity index (χ1v) is 11.7. The summed E-state index contributed by atoms with van der Waals surface area (Å²) in [6, 6.07) is 15.1. The summed E-state index contributed by atoms with van der Waals surface area (Å²) in [5.74, 6) is 1.46. The van der Waals surface area contributed by atoms with Crippen LogP contribution in [0.15, 0.2) is 48.5 Å². The first-order valence-electron chi connectivity index (χ1n) is 11.7. The number of unbranched alkanes of at least 4 members (excludes halogenated alkanes) is 2. The number of Topliss-reactive ketones (excluding diaryl/α,β-unsaturated/α-hetero) is 1. The number of nitrogens with one attached hydrogen (secondary N) is 2. The minimum Gasteiger partial charge on any atom is -0.367 e. The Hall–Kier alpha value is -3.81. The van der Waals surface area contributed by atoms with E-state index in [2.05, 4.69) is 20.8 Å². The van der Waals surface area contributed by atoms with Crippen LogP contribution in [0.25, 0.3) is 16.7 Å². The number of rotatable bonds is 10. The first-order chi connectivity index (χ1) is 16.4. The number of amides is 1. The SMILES string of the molecule is Cc1nnc2c(NCCCCCC(=O)c3ccccc3)nc3cc(NC(=O)C(C)C)ccc3n12. The van der Waals surface area contributed by atoms with Crippen LogP contribution in [0, 0.1) is 12.8 Å². The van der Waals surface area contributed by atoms with Crippen molar-refractivity contribution < 1.29 is 9.59 Å². The van der Waals surface area contributed by atoms with E-state index in [1.807, 2.05) is 73.7 Å². The zero-order chi connectivity index (χ0) is 24.1. The van der Waals surface area contributed by atoms with Gasteiger partial charge in [0.1, 0.15) is 5.82 Å². The third kappa shape index (κ3) is 5.22. The molecule has 8 heteroatoms. The lowest BCUT2D eigenvalue weighted by Gasteiger charge is -2.12. The molecule has 8 nitrogen and oxygen atoms in total. The van der Waals surface area contributed by atoms with Gasteiger partial charge < -0.3 is 10.6 Å². The molecule has 4 rings (SSSR count). The normalized spacial score (nSPS) is 11.3. The molecule has 1 amide bonds. The molecule has 0 spiro atoms. The highest BCUT2D eigenvalue weighted by Crippen LogP contribution is 2.24. The topological polar surface area (TPSA) is 101 Å². The van der Waals surface area contributed by atoms with E-state index in [0.29, 0.717) is 30.1 Å². The molecule has 0 atom stereocenters. The molecule has 2 heterocycles. The van der Waals surface area contributed by atoms with Crippen molar-refractivity contribution in [3.05, 3.63) is 59.9 Å². The third-order valence-corrected chi connectivity index (χ3v) is 5.75. The summed E-state index contributed by atoms with van der Waals surface area (Å²) >= 11 is 0. The van der Waals surface area contributed by atoms with Crippen LogP contribution in [0.3, 0.4) is 0 Å². The summed E-state index contributed by atoms with van der Waals surface area (Å²) < 4.78 is 1.97. The predicted molar refractivity (Wildman–Crippen MR) is 134 cm³/mol. The summed E-state index contributed by atoms with van der Waals surface area (Å²) in [7, 11) is 0. The molecular weight excluding hydrogens is 428 g/mol. The molecule has 4 aromatic rings. The monoisotopic (exact) mass is 458 g/mol. The van der Waals surface area contributed by atoms with Gasteiger partial charge in [-0.15, -0.1) is 10.2 Å². The number of ketones is 1. The standard InChI is InChI=1S/C26H30N6O2/c1-17(2)26(34)28-20-13-14-22-21(16-20)29-24(25-31-30-18(3)32(22)25)27-15-9-5-8-12-23(33)19-10-6-4-7-11-19/h4,6-7,10-11,13-14,16-17H,5,8-9,12,15H2,1-3H3,(H,27,29)(H,28,34). The summed E-state index contributed by atoms with van der Waals surface area (Å²) in [5, 5.41) is 14.9. The lowest BCUT2D eigenvalue weighted by atomic mass is 10.0. The van der Waals surface area contributed by atoms with Crippen molar-refractivity contribution >= 4 is 39.9 Å². The van der Waals surface area contributed by atoms with Crippen LogP contribution in [0.2, 0.25) is 0 Å². The second-order valence-electron chi connectivity index (χ2n) is 8.74. The van der Waals surface area contributed by atoms with Gasteiger partial charge in [0.05, 0.1) is 11.0 Å². The van der Waals surface area contributed by atoms with E-state index in [0.717, 1.165) is 41.7 Å². The fraction of sp³-hybridized carbons (Fsp3) is 0.346. The number of hydrogen-bond acceptors (Lipinski definition) is 6. The minimum atomic E-state index is -0.105. The molecule has 0 aliphatic heterocycles. The highest BCUT2D eigenvalue weighted by molar-refractivity contribution is 5.96. The summed E-state index contributed by atoms with van der Waals surface area (Å²) in [6.45, 7) is 6.33. The average Bonchev–Trinajstić information content (AvgIpc) is 3.23. The van der Waals surface area contributed by atoms with Gasteiger partial charge in [0, 0.05) is 30.1 Å². The number of aromatic nitrogens is 4. The van der Waals surface area contributed by atoms with Crippen LogP contribution in [-0.2, 0) is 4.79 Å². The molecule has 0 bridgehead atoms. The van der Waals surface area contributed by atoms with Crippen molar-refractivity contribution in [3.8, 4) is 0 Å². The van der Waals surface area contributed by atoms with E-state index in [1.165, 1.54) is 0 Å². The van der Waals surface area contributed by atoms with Crippen LogP contribution in [0.5, 0.6) is 0 Å². The quantitative estimate of drug-likeness (QED) is 0.255. The number of fused-ring (bicyclic) bond motifs is 3. The molecular formula is C26H30N6O2. The smallest absolute Gasteiger partial charge is 0.226 e. The van der Waals surface area contributed by atoms with Crippen LogP contribution in [-0.4, -0.2) is 37.8 Å². The van der Waals surface area contributed by atoms with Crippen molar-refractivity contribution in [2.45, 2.75) is 46.5 Å². The Balaban J connectivity index is 1.41. The molecule has 0 aliphatic carbocycles. The van der Waals surface area contributed by atoms with Crippen LogP contribution in [0.1, 0.15) is 55.7 Å². The third-order valence-electron chi connectivity index (χ3n) is 5.75. The number of carbonyl (C=O) groups is 2. The van der Waals surface area contributed by atoms with Gasteiger partial charge in [0.25, 0.3) is 0 Å². The zero-order valence-corrected chi connectivity index (χ0v) is 19.8. The summed E-state index contributed by atoms with van der Waals surface area (Å²) in [5.41, 5.74) is 3.77. The first kappa shape index (κ1) is 23.4. The summed E-state index contributed by atoms with van der Waals surface area (Å²) in [6.07, 6.45) is 3.24. The molecule has 34 heavy (non-hydrogen) atoms. The minimum absolute atomic E-state index is 0.0370. The molecule has 0 aliphatic rings. The number of aryl methyl sites for hydroxylation is 1. The fourth-order valence-corrected chi connectivity index (χ4v) is 3.82. The van der Waals surface area contributed by atoms with Crippen molar-refractivity contribution in [1.29, 1.82) is 0 Å². The highest BCUT2D eigenvalue weighted by atomic mass is 16.1. The second kappa shape index (κ2) is 10.4. The maximum atomic E-state index is 12.2. The molecule has 0 unspecified atom stereocenters. The lowest BCUT2D eigenvalue weighted by molar-refractivity contribution is -0.118. The van der Waals surface area contributed by atoms with E-state index in [4.69, 9.17) is 4.98 Å². The van der Waals surface area contributed by atoms with Crippen molar-refractivity contribution in [2.75, 3.05) is 17.2 Å². The average molecular weight is 459 g/mol. The van der Waals surface area contributed by atoms with E-state index in [1.54, 1.807) is 0 Å². The molecule has 0 saturated carbocycles. The maximum Gasteiger partial charge on any atom is 0.226 e. The lowest BCUT2D eigenvalue weighted by Crippen LogP contribution is -2.17. The van der Waals surface area contributed by atoms with Crippen LogP contribution < -0.4 is 10.6 Å². The van der Waals surface area contributed by atoms with E-state index in [9.17, 15) is 9.59 Å². The predicted octanol–water partition coefficient (Wildman–Crippen LogP) is 5.04. The van der Waals surface area contributed by atoms with Gasteiger partial charge in [-0.3, -0.25) is 14.0 Å². The molecule has 0 saturated heterocycles. The highest BCUT2D eigenvalue weighted by Gasteiger charge is 2.14. The Morgan fingerprint density at radius 1 is 1.00 bits per heavy atom. The van der Waals surface area contributed by atoms with E-state index < -0.39 is 0 Å². The van der Waals surface area contributed by atoms with Crippen molar-refractivity contribution in [1.82, 2.24) is 19.6 Å². The van der Waals surface area contributed by atoms with Gasteiger partial charge in [0.15, 0.2) is 11.6 Å². The van der Waals surface area contributed by atoms with Gasteiger partial charge in [-0.2, -0.15) is 0 Å². The Morgan fingerprint density at radius 2 is 1.79 bits per heavy atom. The second-order valence-corrected chi connectivity index (χ2v) is 8.74. The molecule has 0 fully saturated rings. The number of benzene rings is 2. The van der Waals surface area contributed by atoms with Gasteiger partial charge in [-0.25, -0.2) is 4.98 Å². The largest absolute Gasteiger partial charge is 0.367 e. The zero-order valence-electron chi connectivity index (χ0n) is 19.8. The molecule has 2 N–H and O–H groups in total. The van der Waals surface area contributed by atoms with Crippen molar-refractivity contribution in [2.24, 2.45) is 5.92 Å². The molecule has 0 radical (unpaired) electrons. The Bertz CT molecular complexity index is 1310. The molecule has 176 valence electrons. The molecule has 2 aromatic carbocycles. The maximum absolute atomic E-state index is 12.2. The van der Waals surface area contributed by atoms with Gasteiger partial charge in [0.2, 0.25) is 11.6 Å². The van der Waals surface area contributed by atoms with Gasteiger partial charge in [-0.1, -0.05) is 50.6 Å². The summed E-state index contributed by atoms with van der Waals surface area (Å²) in [4.78, 5) is 29.1. The Labute approximate surface area is 198 Å². The Morgan fingerprint density at radius 3 is 2.56 bits per heavy atom. The number of nitrogens with zero attached hydrogens (tertiary/aromatic N) is 4. The van der Waals surface area contributed by atoms with E-state index in [-0.39, 0.29) is 17.6 Å². The van der Waals surface area contributed by atoms with Crippen LogP contribution in [0.4, 0.5) is 11.5 Å². The molecule has 2 aromatic heterocycles. The number of carbonyl (C=O) groups excluding carboxylic acids is 2. The van der Waals surface area contributed by atoms with Gasteiger partial charge >= 0.3 is 0 Å².